The van der Waals surface area contributed by atoms with Crippen molar-refractivity contribution in [2.75, 3.05) is 0 Å². The van der Waals surface area contributed by atoms with E-state index >= 15 is 0 Å². The van der Waals surface area contributed by atoms with E-state index in [9.17, 15) is 4.79 Å². The maximum Gasteiger partial charge on any atom is 0.274 e. The van der Waals surface area contributed by atoms with Crippen molar-refractivity contribution in [3.63, 3.8) is 0 Å². The average molecular weight is 322 g/mol. The van der Waals surface area contributed by atoms with Crippen LogP contribution >= 0.6 is 0 Å². The number of para-hydroxylation sites is 1. The summed E-state index contributed by atoms with van der Waals surface area (Å²) >= 11 is 0. The fraction of sp³-hybridized carbons (Fsp3) is 0.294. The highest BCUT2D eigenvalue weighted by atomic mass is 16.2. The summed E-state index contributed by atoms with van der Waals surface area (Å²) in [5.41, 5.74) is 1.83. The van der Waals surface area contributed by atoms with Crippen molar-refractivity contribution in [2.45, 2.75) is 32.4 Å². The second kappa shape index (κ2) is 5.92. The highest BCUT2D eigenvalue weighted by Gasteiger charge is 2.23. The molecule has 1 aliphatic heterocycles. The van der Waals surface area contributed by atoms with Gasteiger partial charge < -0.3 is 9.88 Å². The molecule has 1 amide bonds. The number of rotatable bonds is 3. The molecular formula is C17H18N6O. The summed E-state index contributed by atoms with van der Waals surface area (Å²) in [4.78, 5) is 18.4. The molecule has 0 radical (unpaired) electrons. The minimum Gasteiger partial charge on any atom is -0.346 e. The normalized spacial score (nSPS) is 16.6. The molecule has 0 aliphatic carbocycles. The first-order valence-electron chi connectivity index (χ1n) is 8.01. The van der Waals surface area contributed by atoms with Gasteiger partial charge in [0.1, 0.15) is 5.82 Å². The van der Waals surface area contributed by atoms with Crippen molar-refractivity contribution in [1.29, 1.82) is 0 Å². The van der Waals surface area contributed by atoms with Crippen molar-refractivity contribution >= 4 is 5.91 Å². The fourth-order valence-corrected chi connectivity index (χ4v) is 3.00. The molecule has 0 spiro atoms. The van der Waals surface area contributed by atoms with Crippen LogP contribution in [0.25, 0.3) is 5.69 Å². The number of hydrogen-bond acceptors (Lipinski definition) is 4. The Morgan fingerprint density at radius 1 is 1.25 bits per heavy atom. The van der Waals surface area contributed by atoms with Gasteiger partial charge in [-0.15, -0.1) is 5.10 Å². The molecule has 7 nitrogen and oxygen atoms in total. The Hall–Kier alpha value is -2.96. The SMILES string of the molecule is Cc1nn(-c2ccccc2)nc1C(=O)N[C@H]1CCc2nccn2C1. The van der Waals surface area contributed by atoms with Crippen molar-refractivity contribution in [2.24, 2.45) is 0 Å². The van der Waals surface area contributed by atoms with E-state index in [0.717, 1.165) is 30.9 Å². The Bertz CT molecular complexity index is 866. The van der Waals surface area contributed by atoms with Crippen LogP contribution in [0.5, 0.6) is 0 Å². The molecule has 1 atom stereocenters. The molecule has 0 fully saturated rings. The summed E-state index contributed by atoms with van der Waals surface area (Å²) in [5.74, 6) is 0.898. The Balaban J connectivity index is 1.50. The number of amides is 1. The Kier molecular flexibility index (Phi) is 3.60. The molecule has 2 aromatic heterocycles. The standard InChI is InChI=1S/C17H18N6O/c1-12-16(21-23(20-12)14-5-3-2-4-6-14)17(24)19-13-7-8-15-18-9-10-22(15)11-13/h2-6,9-10,13H,7-8,11H2,1H3,(H,19,24)/t13-/m0/s1. The van der Waals surface area contributed by atoms with Crippen LogP contribution in [0.1, 0.15) is 28.4 Å². The number of nitrogens with zero attached hydrogens (tertiary/aromatic N) is 5. The van der Waals surface area contributed by atoms with Gasteiger partial charge in [-0.05, 0) is 25.5 Å². The number of benzene rings is 1. The zero-order valence-corrected chi connectivity index (χ0v) is 13.4. The number of aromatic nitrogens is 5. The zero-order chi connectivity index (χ0) is 16.5. The third-order valence-corrected chi connectivity index (χ3v) is 4.25. The molecule has 1 N–H and O–H groups in total. The quantitative estimate of drug-likeness (QED) is 0.793. The smallest absolute Gasteiger partial charge is 0.274 e. The van der Waals surface area contributed by atoms with Crippen LogP contribution in [0.4, 0.5) is 0 Å². The van der Waals surface area contributed by atoms with Gasteiger partial charge in [-0.1, -0.05) is 18.2 Å². The average Bonchev–Trinajstić information content (AvgIpc) is 3.21. The van der Waals surface area contributed by atoms with Crippen LogP contribution in [-0.2, 0) is 13.0 Å². The second-order valence-electron chi connectivity index (χ2n) is 5.96. The van der Waals surface area contributed by atoms with Crippen LogP contribution in [-0.4, -0.2) is 36.5 Å². The van der Waals surface area contributed by atoms with E-state index < -0.39 is 0 Å². The number of fused-ring (bicyclic) bond motifs is 1. The number of hydrogen-bond donors (Lipinski definition) is 1. The van der Waals surface area contributed by atoms with E-state index in [1.54, 1.807) is 13.1 Å². The van der Waals surface area contributed by atoms with Crippen LogP contribution in [0.15, 0.2) is 42.7 Å². The molecule has 24 heavy (non-hydrogen) atoms. The number of aryl methyl sites for hydroxylation is 2. The minimum atomic E-state index is -0.178. The highest BCUT2D eigenvalue weighted by Crippen LogP contribution is 2.14. The second-order valence-corrected chi connectivity index (χ2v) is 5.96. The Morgan fingerprint density at radius 2 is 2.08 bits per heavy atom. The van der Waals surface area contributed by atoms with Crippen LogP contribution in [0.3, 0.4) is 0 Å². The molecule has 3 aromatic rings. The van der Waals surface area contributed by atoms with Gasteiger partial charge in [0.15, 0.2) is 5.69 Å². The predicted octanol–water partition coefficient (Wildman–Crippen LogP) is 1.52. The summed E-state index contributed by atoms with van der Waals surface area (Å²) < 4.78 is 2.09. The Labute approximate surface area is 139 Å². The molecule has 0 unspecified atom stereocenters. The molecule has 7 heteroatoms. The molecule has 0 saturated heterocycles. The predicted molar refractivity (Wildman–Crippen MR) is 87.9 cm³/mol. The minimum absolute atomic E-state index is 0.0838. The van der Waals surface area contributed by atoms with Crippen LogP contribution in [0.2, 0.25) is 0 Å². The first kappa shape index (κ1) is 14.6. The lowest BCUT2D eigenvalue weighted by molar-refractivity contribution is 0.0921. The van der Waals surface area contributed by atoms with Gasteiger partial charge in [0.25, 0.3) is 5.91 Å². The number of carbonyl (C=O) groups excluding carboxylic acids is 1. The highest BCUT2D eigenvalue weighted by molar-refractivity contribution is 5.93. The molecular weight excluding hydrogens is 304 g/mol. The summed E-state index contributed by atoms with van der Waals surface area (Å²) in [7, 11) is 0. The molecule has 1 aromatic carbocycles. The lowest BCUT2D eigenvalue weighted by Gasteiger charge is -2.24. The molecule has 4 rings (SSSR count). The van der Waals surface area contributed by atoms with E-state index in [1.807, 2.05) is 36.5 Å². The van der Waals surface area contributed by atoms with Gasteiger partial charge in [0.05, 0.1) is 11.4 Å². The Morgan fingerprint density at radius 3 is 2.92 bits per heavy atom. The van der Waals surface area contributed by atoms with Gasteiger partial charge in [-0.25, -0.2) is 4.98 Å². The van der Waals surface area contributed by atoms with E-state index in [0.29, 0.717) is 11.4 Å². The third kappa shape index (κ3) is 2.68. The number of nitrogens with one attached hydrogen (secondary N) is 1. The molecule has 1 aliphatic rings. The zero-order valence-electron chi connectivity index (χ0n) is 13.4. The lowest BCUT2D eigenvalue weighted by atomic mass is 10.1. The first-order chi connectivity index (χ1) is 11.7. The first-order valence-corrected chi connectivity index (χ1v) is 8.01. The van der Waals surface area contributed by atoms with Crippen LogP contribution in [0, 0.1) is 6.92 Å². The number of carbonyl (C=O) groups is 1. The number of imidazole rings is 1. The molecule has 0 saturated carbocycles. The fourth-order valence-electron chi connectivity index (χ4n) is 3.00. The molecule has 3 heterocycles. The summed E-state index contributed by atoms with van der Waals surface area (Å²) in [6.45, 7) is 2.54. The van der Waals surface area contributed by atoms with E-state index in [-0.39, 0.29) is 11.9 Å². The van der Waals surface area contributed by atoms with Crippen molar-refractivity contribution in [1.82, 2.24) is 29.9 Å². The third-order valence-electron chi connectivity index (χ3n) is 4.25. The van der Waals surface area contributed by atoms with Gasteiger partial charge in [-0.3, -0.25) is 4.79 Å². The topological polar surface area (TPSA) is 77.6 Å². The van der Waals surface area contributed by atoms with Gasteiger partial charge in [0.2, 0.25) is 0 Å². The molecule has 0 bridgehead atoms. The van der Waals surface area contributed by atoms with Gasteiger partial charge in [-0.2, -0.15) is 9.90 Å². The summed E-state index contributed by atoms with van der Waals surface area (Å²) in [6, 6.07) is 9.66. The maximum atomic E-state index is 12.6. The van der Waals surface area contributed by atoms with Crippen molar-refractivity contribution < 1.29 is 4.79 Å². The lowest BCUT2D eigenvalue weighted by Crippen LogP contribution is -2.41. The van der Waals surface area contributed by atoms with Crippen LogP contribution < -0.4 is 5.32 Å². The van der Waals surface area contributed by atoms with Gasteiger partial charge in [0, 0.05) is 31.4 Å². The largest absolute Gasteiger partial charge is 0.346 e. The summed E-state index contributed by atoms with van der Waals surface area (Å²) in [6.07, 6.45) is 5.50. The monoisotopic (exact) mass is 322 g/mol. The van der Waals surface area contributed by atoms with Crippen molar-refractivity contribution in [3.05, 3.63) is 59.9 Å². The maximum absolute atomic E-state index is 12.6. The van der Waals surface area contributed by atoms with E-state index in [4.69, 9.17) is 0 Å². The van der Waals surface area contributed by atoms with Gasteiger partial charge >= 0.3 is 0 Å². The van der Waals surface area contributed by atoms with E-state index in [2.05, 4.69) is 25.1 Å². The van der Waals surface area contributed by atoms with E-state index in [1.165, 1.54) is 4.80 Å². The van der Waals surface area contributed by atoms with Crippen molar-refractivity contribution in [3.8, 4) is 5.69 Å². The summed E-state index contributed by atoms with van der Waals surface area (Å²) in [5, 5.41) is 11.8. The molecule has 122 valence electrons.